The van der Waals surface area contributed by atoms with Crippen molar-refractivity contribution in [1.82, 2.24) is 0 Å². The first-order chi connectivity index (χ1) is 5.72. The van der Waals surface area contributed by atoms with Gasteiger partial charge in [-0.25, -0.2) is 8.78 Å². The fourth-order valence-corrected chi connectivity index (χ4v) is 0.984. The number of aliphatic hydroxyl groups excluding tert-OH is 1. The summed E-state index contributed by atoms with van der Waals surface area (Å²) in [4.78, 5) is 0. The average Bonchev–Trinajstić information content (AvgIpc) is 2.04. The maximum Gasteiger partial charge on any atom is 0.127 e. The van der Waals surface area contributed by atoms with Crippen LogP contribution < -0.4 is 0 Å². The van der Waals surface area contributed by atoms with E-state index in [4.69, 9.17) is 5.11 Å². The van der Waals surface area contributed by atoms with Gasteiger partial charge >= 0.3 is 0 Å². The van der Waals surface area contributed by atoms with Crippen LogP contribution in [0.2, 0.25) is 0 Å². The van der Waals surface area contributed by atoms with Gasteiger partial charge in [-0.2, -0.15) is 0 Å². The Morgan fingerprint density at radius 2 is 2.17 bits per heavy atom. The van der Waals surface area contributed by atoms with E-state index in [9.17, 15) is 8.78 Å². The van der Waals surface area contributed by atoms with Gasteiger partial charge in [0.25, 0.3) is 0 Å². The molecule has 0 aliphatic heterocycles. The molecule has 12 heavy (non-hydrogen) atoms. The molecule has 66 valence electrons. The molecule has 1 rings (SSSR count). The van der Waals surface area contributed by atoms with E-state index < -0.39 is 12.8 Å². The van der Waals surface area contributed by atoms with Crippen molar-refractivity contribution in [3.05, 3.63) is 35.6 Å². The van der Waals surface area contributed by atoms with Crippen molar-refractivity contribution in [3.63, 3.8) is 0 Å². The fourth-order valence-electron chi connectivity index (χ4n) is 0.984. The van der Waals surface area contributed by atoms with Crippen LogP contribution in [0.4, 0.5) is 8.78 Å². The highest BCUT2D eigenvalue weighted by Gasteiger charge is 2.05. The molecule has 0 amide bonds. The van der Waals surface area contributed by atoms with Crippen molar-refractivity contribution < 1.29 is 13.9 Å². The SMILES string of the molecule is OCC(F)Cc1cccc(F)c1. The molecule has 3 heteroatoms. The summed E-state index contributed by atoms with van der Waals surface area (Å²) in [7, 11) is 0. The van der Waals surface area contributed by atoms with Crippen LogP contribution in [0, 0.1) is 5.82 Å². The van der Waals surface area contributed by atoms with Gasteiger partial charge in [0.05, 0.1) is 6.61 Å². The van der Waals surface area contributed by atoms with E-state index in [1.807, 2.05) is 0 Å². The number of alkyl halides is 1. The lowest BCUT2D eigenvalue weighted by Gasteiger charge is -2.03. The molecule has 0 aliphatic rings. The molecule has 0 saturated carbocycles. The Labute approximate surface area is 69.7 Å². The van der Waals surface area contributed by atoms with Crippen molar-refractivity contribution in [2.45, 2.75) is 12.6 Å². The molecule has 0 heterocycles. The topological polar surface area (TPSA) is 20.2 Å². The van der Waals surface area contributed by atoms with Crippen molar-refractivity contribution in [2.24, 2.45) is 0 Å². The predicted octanol–water partition coefficient (Wildman–Crippen LogP) is 1.70. The molecule has 1 aromatic rings. The normalized spacial score (nSPS) is 12.9. The van der Waals surface area contributed by atoms with E-state index >= 15 is 0 Å². The van der Waals surface area contributed by atoms with E-state index in [-0.39, 0.29) is 12.2 Å². The Morgan fingerprint density at radius 3 is 2.75 bits per heavy atom. The summed E-state index contributed by atoms with van der Waals surface area (Å²) < 4.78 is 25.1. The van der Waals surface area contributed by atoms with Crippen LogP contribution in [-0.2, 0) is 6.42 Å². The summed E-state index contributed by atoms with van der Waals surface area (Å²) in [5.74, 6) is -0.377. The zero-order valence-electron chi connectivity index (χ0n) is 6.50. The molecular formula is C9H10F2O. The number of hydrogen-bond acceptors (Lipinski definition) is 1. The van der Waals surface area contributed by atoms with Gasteiger partial charge in [0.2, 0.25) is 0 Å². The number of rotatable bonds is 3. The minimum atomic E-state index is -1.30. The first-order valence-electron chi connectivity index (χ1n) is 3.71. The van der Waals surface area contributed by atoms with Gasteiger partial charge in [-0.15, -0.1) is 0 Å². The third kappa shape index (κ3) is 2.58. The van der Waals surface area contributed by atoms with Gasteiger partial charge in [0.1, 0.15) is 12.0 Å². The van der Waals surface area contributed by atoms with Gasteiger partial charge in [-0.05, 0) is 17.7 Å². The summed E-state index contributed by atoms with van der Waals surface area (Å²) >= 11 is 0. The first kappa shape index (κ1) is 9.13. The Balaban J connectivity index is 2.63. The Hall–Kier alpha value is -0.960. The third-order valence-electron chi connectivity index (χ3n) is 1.54. The van der Waals surface area contributed by atoms with Crippen molar-refractivity contribution in [3.8, 4) is 0 Å². The molecule has 1 atom stereocenters. The Bertz CT molecular complexity index is 250. The third-order valence-corrected chi connectivity index (χ3v) is 1.54. The van der Waals surface area contributed by atoms with Crippen LogP contribution >= 0.6 is 0 Å². The molecular weight excluding hydrogens is 162 g/mol. The van der Waals surface area contributed by atoms with E-state index in [0.717, 1.165) is 0 Å². The van der Waals surface area contributed by atoms with E-state index in [1.54, 1.807) is 6.07 Å². The summed E-state index contributed by atoms with van der Waals surface area (Å²) in [5, 5.41) is 8.40. The lowest BCUT2D eigenvalue weighted by Crippen LogP contribution is -2.09. The second kappa shape index (κ2) is 4.16. The molecule has 0 spiro atoms. The molecule has 1 N–H and O–H groups in total. The van der Waals surface area contributed by atoms with Crippen LogP contribution in [0.15, 0.2) is 24.3 Å². The van der Waals surface area contributed by atoms with Crippen LogP contribution in [0.3, 0.4) is 0 Å². The summed E-state index contributed by atoms with van der Waals surface area (Å²) in [6.07, 6.45) is -1.24. The Kier molecular flexibility index (Phi) is 3.17. The fraction of sp³-hybridized carbons (Fsp3) is 0.333. The van der Waals surface area contributed by atoms with Crippen LogP contribution in [0.5, 0.6) is 0 Å². The first-order valence-corrected chi connectivity index (χ1v) is 3.71. The molecule has 0 fully saturated rings. The largest absolute Gasteiger partial charge is 0.393 e. The van der Waals surface area contributed by atoms with Crippen molar-refractivity contribution in [2.75, 3.05) is 6.61 Å². The number of hydrogen-bond donors (Lipinski definition) is 1. The molecule has 0 aromatic heterocycles. The molecule has 1 nitrogen and oxygen atoms in total. The molecule has 0 saturated heterocycles. The number of benzene rings is 1. The van der Waals surface area contributed by atoms with Gasteiger partial charge < -0.3 is 5.11 Å². The second-order valence-corrected chi connectivity index (χ2v) is 2.61. The number of aliphatic hydroxyl groups is 1. The van der Waals surface area contributed by atoms with Crippen LogP contribution in [0.25, 0.3) is 0 Å². The average molecular weight is 172 g/mol. The molecule has 0 bridgehead atoms. The van der Waals surface area contributed by atoms with Gasteiger partial charge in [0, 0.05) is 6.42 Å². The van der Waals surface area contributed by atoms with E-state index in [1.165, 1.54) is 18.2 Å². The maximum absolute atomic E-state index is 12.6. The van der Waals surface area contributed by atoms with Crippen molar-refractivity contribution in [1.29, 1.82) is 0 Å². The lowest BCUT2D eigenvalue weighted by atomic mass is 10.1. The zero-order valence-corrected chi connectivity index (χ0v) is 6.50. The molecule has 0 aliphatic carbocycles. The monoisotopic (exact) mass is 172 g/mol. The molecule has 0 radical (unpaired) electrons. The quantitative estimate of drug-likeness (QED) is 0.735. The highest BCUT2D eigenvalue weighted by Crippen LogP contribution is 2.07. The predicted molar refractivity (Wildman–Crippen MR) is 42.1 cm³/mol. The standard InChI is InChI=1S/C9H10F2O/c10-8-3-1-2-7(4-8)5-9(11)6-12/h1-4,9,12H,5-6H2. The van der Waals surface area contributed by atoms with Crippen LogP contribution in [-0.4, -0.2) is 17.9 Å². The molecule has 1 aromatic carbocycles. The van der Waals surface area contributed by atoms with Gasteiger partial charge in [0.15, 0.2) is 0 Å². The second-order valence-electron chi connectivity index (χ2n) is 2.61. The summed E-state index contributed by atoms with van der Waals surface area (Å²) in [6.45, 7) is -0.517. The molecule has 1 unspecified atom stereocenters. The lowest BCUT2D eigenvalue weighted by molar-refractivity contribution is 0.177. The summed E-state index contributed by atoms with van der Waals surface area (Å²) in [6, 6.07) is 5.72. The highest BCUT2D eigenvalue weighted by molar-refractivity contribution is 5.16. The van der Waals surface area contributed by atoms with Gasteiger partial charge in [-0.3, -0.25) is 0 Å². The smallest absolute Gasteiger partial charge is 0.127 e. The minimum absolute atomic E-state index is 0.0637. The highest BCUT2D eigenvalue weighted by atomic mass is 19.1. The zero-order chi connectivity index (χ0) is 8.97. The summed E-state index contributed by atoms with van der Waals surface area (Å²) in [5.41, 5.74) is 0.566. The van der Waals surface area contributed by atoms with Gasteiger partial charge in [-0.1, -0.05) is 12.1 Å². The maximum atomic E-state index is 12.6. The van der Waals surface area contributed by atoms with E-state index in [0.29, 0.717) is 5.56 Å². The van der Waals surface area contributed by atoms with Crippen molar-refractivity contribution >= 4 is 0 Å². The Morgan fingerprint density at radius 1 is 1.42 bits per heavy atom. The van der Waals surface area contributed by atoms with E-state index in [2.05, 4.69) is 0 Å². The minimum Gasteiger partial charge on any atom is -0.393 e. The van der Waals surface area contributed by atoms with Crippen LogP contribution in [0.1, 0.15) is 5.56 Å². The number of halogens is 2.